The summed E-state index contributed by atoms with van der Waals surface area (Å²) in [6.45, 7) is 6.18. The number of pyridine rings is 1. The monoisotopic (exact) mass is 169 g/mol. The van der Waals surface area contributed by atoms with Crippen molar-refractivity contribution in [1.29, 1.82) is 0 Å². The van der Waals surface area contributed by atoms with Gasteiger partial charge in [0.2, 0.25) is 0 Å². The Hall–Kier alpha value is -0.560. The number of aryl methyl sites for hydroxylation is 1. The lowest BCUT2D eigenvalue weighted by Crippen LogP contribution is -1.95. The summed E-state index contributed by atoms with van der Waals surface area (Å²) in [5.41, 5.74) is 4.75. The number of alkyl halides is 1. The minimum absolute atomic E-state index is 0.556. The summed E-state index contributed by atoms with van der Waals surface area (Å²) >= 11 is 5.72. The molecule has 0 N–H and O–H groups in total. The standard InChI is InChI=1S/C9H12ClN/c1-6-7(2)9(4-10)5-11-8(6)3/h5H,4H2,1-3H3. The van der Waals surface area contributed by atoms with Crippen LogP contribution in [0.25, 0.3) is 0 Å². The first-order chi connectivity index (χ1) is 5.16. The highest BCUT2D eigenvalue weighted by atomic mass is 35.5. The molecule has 1 heterocycles. The van der Waals surface area contributed by atoms with Crippen molar-refractivity contribution in [1.82, 2.24) is 4.98 Å². The number of nitrogens with zero attached hydrogens (tertiary/aromatic N) is 1. The van der Waals surface area contributed by atoms with Crippen LogP contribution in [0.2, 0.25) is 0 Å². The lowest BCUT2D eigenvalue weighted by Gasteiger charge is -2.06. The fourth-order valence-corrected chi connectivity index (χ4v) is 1.28. The molecule has 0 aliphatic carbocycles. The number of aromatic nitrogens is 1. The predicted molar refractivity (Wildman–Crippen MR) is 48.0 cm³/mol. The molecule has 0 bridgehead atoms. The topological polar surface area (TPSA) is 12.9 Å². The molecule has 1 aromatic heterocycles. The zero-order chi connectivity index (χ0) is 8.43. The van der Waals surface area contributed by atoms with Crippen molar-refractivity contribution in [2.45, 2.75) is 26.7 Å². The first-order valence-electron chi connectivity index (χ1n) is 3.64. The maximum absolute atomic E-state index is 5.72. The Bertz CT molecular complexity index is 269. The van der Waals surface area contributed by atoms with Crippen LogP contribution >= 0.6 is 11.6 Å². The average molecular weight is 170 g/mol. The highest BCUT2D eigenvalue weighted by Crippen LogP contribution is 2.15. The van der Waals surface area contributed by atoms with Gasteiger partial charge in [0.1, 0.15) is 0 Å². The molecule has 11 heavy (non-hydrogen) atoms. The van der Waals surface area contributed by atoms with Gasteiger partial charge in [0.05, 0.1) is 0 Å². The number of rotatable bonds is 1. The molecule has 1 nitrogen and oxygen atoms in total. The molecule has 0 atom stereocenters. The maximum atomic E-state index is 5.72. The van der Waals surface area contributed by atoms with Gasteiger partial charge in [-0.1, -0.05) is 0 Å². The van der Waals surface area contributed by atoms with Crippen LogP contribution < -0.4 is 0 Å². The van der Waals surface area contributed by atoms with Crippen molar-refractivity contribution in [2.75, 3.05) is 0 Å². The van der Waals surface area contributed by atoms with E-state index in [1.165, 1.54) is 11.1 Å². The number of hydrogen-bond donors (Lipinski definition) is 0. The van der Waals surface area contributed by atoms with Crippen LogP contribution in [-0.2, 0) is 5.88 Å². The molecule has 0 aromatic carbocycles. The SMILES string of the molecule is Cc1ncc(CCl)c(C)c1C. The number of hydrogen-bond acceptors (Lipinski definition) is 1. The van der Waals surface area contributed by atoms with E-state index >= 15 is 0 Å². The molecule has 1 rings (SSSR count). The van der Waals surface area contributed by atoms with Gasteiger partial charge in [-0.3, -0.25) is 4.98 Å². The van der Waals surface area contributed by atoms with Crippen LogP contribution in [0.1, 0.15) is 22.4 Å². The van der Waals surface area contributed by atoms with E-state index in [4.69, 9.17) is 11.6 Å². The van der Waals surface area contributed by atoms with Crippen molar-refractivity contribution in [3.8, 4) is 0 Å². The van der Waals surface area contributed by atoms with E-state index in [0.717, 1.165) is 11.3 Å². The van der Waals surface area contributed by atoms with E-state index in [-0.39, 0.29) is 0 Å². The predicted octanol–water partition coefficient (Wildman–Crippen LogP) is 2.75. The second kappa shape index (κ2) is 3.22. The van der Waals surface area contributed by atoms with Gasteiger partial charge >= 0.3 is 0 Å². The molecule has 0 unspecified atom stereocenters. The molecular formula is C9H12ClN. The molecule has 1 aromatic rings. The fraction of sp³-hybridized carbons (Fsp3) is 0.444. The Morgan fingerprint density at radius 3 is 2.45 bits per heavy atom. The summed E-state index contributed by atoms with van der Waals surface area (Å²) in [7, 11) is 0. The van der Waals surface area contributed by atoms with Crippen molar-refractivity contribution in [2.24, 2.45) is 0 Å². The summed E-state index contributed by atoms with van der Waals surface area (Å²) < 4.78 is 0. The molecule has 0 amide bonds. The minimum Gasteiger partial charge on any atom is -0.261 e. The lowest BCUT2D eigenvalue weighted by molar-refractivity contribution is 1.08. The van der Waals surface area contributed by atoms with Gasteiger partial charge in [-0.05, 0) is 37.5 Å². The van der Waals surface area contributed by atoms with Crippen molar-refractivity contribution in [3.05, 3.63) is 28.6 Å². The van der Waals surface area contributed by atoms with Crippen molar-refractivity contribution < 1.29 is 0 Å². The van der Waals surface area contributed by atoms with Crippen LogP contribution in [0.3, 0.4) is 0 Å². The third-order valence-corrected chi connectivity index (χ3v) is 2.43. The molecule has 0 saturated heterocycles. The summed E-state index contributed by atoms with van der Waals surface area (Å²) in [5.74, 6) is 0.556. The molecule has 0 radical (unpaired) electrons. The third-order valence-electron chi connectivity index (χ3n) is 2.14. The second-order valence-corrected chi connectivity index (χ2v) is 3.02. The third kappa shape index (κ3) is 1.54. The van der Waals surface area contributed by atoms with Gasteiger partial charge in [0.25, 0.3) is 0 Å². The summed E-state index contributed by atoms with van der Waals surface area (Å²) in [6, 6.07) is 0. The fourth-order valence-electron chi connectivity index (χ4n) is 1.02. The van der Waals surface area contributed by atoms with Gasteiger partial charge in [0, 0.05) is 17.8 Å². The van der Waals surface area contributed by atoms with E-state index < -0.39 is 0 Å². The number of halogens is 1. The molecule has 0 aliphatic rings. The van der Waals surface area contributed by atoms with Gasteiger partial charge in [-0.25, -0.2) is 0 Å². The van der Waals surface area contributed by atoms with Gasteiger partial charge in [-0.15, -0.1) is 11.6 Å². The van der Waals surface area contributed by atoms with Crippen molar-refractivity contribution >= 4 is 11.6 Å². The Morgan fingerprint density at radius 1 is 1.27 bits per heavy atom. The second-order valence-electron chi connectivity index (χ2n) is 2.75. The van der Waals surface area contributed by atoms with Crippen LogP contribution in [0.5, 0.6) is 0 Å². The first kappa shape index (κ1) is 8.54. The lowest BCUT2D eigenvalue weighted by atomic mass is 10.1. The normalized spacial score (nSPS) is 10.2. The molecule has 0 aliphatic heterocycles. The van der Waals surface area contributed by atoms with E-state index in [1.807, 2.05) is 13.1 Å². The quantitative estimate of drug-likeness (QED) is 0.590. The van der Waals surface area contributed by atoms with Gasteiger partial charge in [0.15, 0.2) is 0 Å². The highest BCUT2D eigenvalue weighted by molar-refractivity contribution is 6.17. The molecular weight excluding hydrogens is 158 g/mol. The summed E-state index contributed by atoms with van der Waals surface area (Å²) in [4.78, 5) is 4.23. The van der Waals surface area contributed by atoms with Crippen LogP contribution in [0, 0.1) is 20.8 Å². The summed E-state index contributed by atoms with van der Waals surface area (Å²) in [6.07, 6.45) is 1.85. The summed E-state index contributed by atoms with van der Waals surface area (Å²) in [5, 5.41) is 0. The Morgan fingerprint density at radius 2 is 1.91 bits per heavy atom. The van der Waals surface area contributed by atoms with E-state index in [0.29, 0.717) is 5.88 Å². The zero-order valence-electron chi connectivity index (χ0n) is 7.11. The largest absolute Gasteiger partial charge is 0.261 e. The van der Waals surface area contributed by atoms with Gasteiger partial charge in [-0.2, -0.15) is 0 Å². The van der Waals surface area contributed by atoms with E-state index in [2.05, 4.69) is 18.8 Å². The first-order valence-corrected chi connectivity index (χ1v) is 4.18. The Balaban J connectivity index is 3.25. The molecule has 0 spiro atoms. The van der Waals surface area contributed by atoms with Crippen LogP contribution in [-0.4, -0.2) is 4.98 Å². The Kier molecular flexibility index (Phi) is 2.50. The molecule has 2 heteroatoms. The molecule has 60 valence electrons. The van der Waals surface area contributed by atoms with Crippen LogP contribution in [0.4, 0.5) is 0 Å². The maximum Gasteiger partial charge on any atom is 0.0492 e. The molecule has 0 fully saturated rings. The molecule has 0 saturated carbocycles. The van der Waals surface area contributed by atoms with E-state index in [1.54, 1.807) is 0 Å². The Labute approximate surface area is 72.4 Å². The van der Waals surface area contributed by atoms with Gasteiger partial charge < -0.3 is 0 Å². The highest BCUT2D eigenvalue weighted by Gasteiger charge is 2.02. The van der Waals surface area contributed by atoms with Crippen LogP contribution in [0.15, 0.2) is 6.20 Å². The smallest absolute Gasteiger partial charge is 0.0492 e. The van der Waals surface area contributed by atoms with E-state index in [9.17, 15) is 0 Å². The zero-order valence-corrected chi connectivity index (χ0v) is 7.87. The average Bonchev–Trinajstić information content (AvgIpc) is 2.01. The minimum atomic E-state index is 0.556. The van der Waals surface area contributed by atoms with Crippen molar-refractivity contribution in [3.63, 3.8) is 0 Å².